The molecular weight excluding hydrogens is 562 g/mol. The van der Waals surface area contributed by atoms with Crippen LogP contribution in [0.4, 0.5) is 11.5 Å². The topological polar surface area (TPSA) is 159 Å². The number of hydrazone groups is 1. The highest BCUT2D eigenvalue weighted by molar-refractivity contribution is 5.94. The number of anilines is 2. The SMILES string of the molecule is CCOc1cc(/C=N\NC(=O)c2nnn(-c3nonc3N)c2CN2CCc3ccccc32)ccc1OCc1ccccc1C. The molecule has 1 amide bonds. The molecular formula is C31H31N9O4. The van der Waals surface area contributed by atoms with Crippen molar-refractivity contribution in [3.8, 4) is 17.3 Å². The number of aryl methyl sites for hydroxylation is 1. The number of aromatic nitrogens is 5. The Bertz CT molecular complexity index is 1810. The van der Waals surface area contributed by atoms with Crippen molar-refractivity contribution in [3.05, 3.63) is 100 Å². The van der Waals surface area contributed by atoms with Gasteiger partial charge >= 0.3 is 0 Å². The van der Waals surface area contributed by atoms with E-state index >= 15 is 0 Å². The minimum Gasteiger partial charge on any atom is -0.490 e. The van der Waals surface area contributed by atoms with Gasteiger partial charge in [0.25, 0.3) is 5.91 Å². The number of hydrogen-bond acceptors (Lipinski definition) is 11. The lowest BCUT2D eigenvalue weighted by Crippen LogP contribution is -2.26. The third-order valence-corrected chi connectivity index (χ3v) is 7.29. The Hall–Kier alpha value is -5.72. The van der Waals surface area contributed by atoms with Gasteiger partial charge in [-0.2, -0.15) is 9.78 Å². The van der Waals surface area contributed by atoms with Crippen molar-refractivity contribution < 1.29 is 18.9 Å². The fourth-order valence-corrected chi connectivity index (χ4v) is 5.02. The van der Waals surface area contributed by atoms with Crippen molar-refractivity contribution in [1.82, 2.24) is 30.7 Å². The molecule has 0 saturated carbocycles. The Morgan fingerprint density at radius 3 is 2.75 bits per heavy atom. The summed E-state index contributed by atoms with van der Waals surface area (Å²) in [5.74, 6) is 0.817. The lowest BCUT2D eigenvalue weighted by molar-refractivity contribution is 0.0949. The van der Waals surface area contributed by atoms with Crippen LogP contribution in [0.2, 0.25) is 0 Å². The maximum atomic E-state index is 13.3. The molecule has 5 aromatic rings. The molecule has 0 fully saturated rings. The van der Waals surface area contributed by atoms with Crippen LogP contribution >= 0.6 is 0 Å². The maximum Gasteiger partial charge on any atom is 0.293 e. The number of ether oxygens (including phenoxy) is 2. The Morgan fingerprint density at radius 1 is 1.09 bits per heavy atom. The molecule has 1 aliphatic rings. The predicted molar refractivity (Wildman–Crippen MR) is 163 cm³/mol. The molecule has 224 valence electrons. The number of nitrogen functional groups attached to an aromatic ring is 1. The van der Waals surface area contributed by atoms with Crippen LogP contribution in [0.1, 0.15) is 45.4 Å². The number of hydrogen-bond donors (Lipinski definition) is 2. The van der Waals surface area contributed by atoms with E-state index in [1.54, 1.807) is 6.07 Å². The smallest absolute Gasteiger partial charge is 0.293 e. The number of nitrogens with two attached hydrogens (primary N) is 1. The number of carbonyl (C=O) groups is 1. The first-order chi connectivity index (χ1) is 21.5. The van der Waals surface area contributed by atoms with Crippen molar-refractivity contribution in [2.24, 2.45) is 5.10 Å². The molecule has 0 spiro atoms. The Balaban J connectivity index is 1.19. The average Bonchev–Trinajstić information content (AvgIpc) is 3.76. The molecule has 13 heteroatoms. The zero-order chi connectivity index (χ0) is 30.5. The lowest BCUT2D eigenvalue weighted by atomic mass is 10.1. The van der Waals surface area contributed by atoms with Crippen LogP contribution in [0.5, 0.6) is 11.5 Å². The molecule has 0 atom stereocenters. The first kappa shape index (κ1) is 28.4. The monoisotopic (exact) mass is 593 g/mol. The summed E-state index contributed by atoms with van der Waals surface area (Å²) in [7, 11) is 0. The van der Waals surface area contributed by atoms with Gasteiger partial charge in [0, 0.05) is 12.2 Å². The second-order valence-corrected chi connectivity index (χ2v) is 10.1. The Kier molecular flexibility index (Phi) is 8.17. The highest BCUT2D eigenvalue weighted by Crippen LogP contribution is 2.31. The average molecular weight is 594 g/mol. The molecule has 3 aromatic carbocycles. The third kappa shape index (κ3) is 5.93. The molecule has 0 saturated heterocycles. The molecule has 13 nitrogen and oxygen atoms in total. The summed E-state index contributed by atoms with van der Waals surface area (Å²) < 4.78 is 18.0. The van der Waals surface area contributed by atoms with E-state index in [-0.39, 0.29) is 17.3 Å². The molecule has 6 rings (SSSR count). The molecule has 1 aliphatic heterocycles. The van der Waals surface area contributed by atoms with Crippen molar-refractivity contribution in [2.75, 3.05) is 23.8 Å². The molecule has 2 aromatic heterocycles. The summed E-state index contributed by atoms with van der Waals surface area (Å²) in [5, 5.41) is 19.9. The minimum atomic E-state index is -0.548. The molecule has 0 bridgehead atoms. The summed E-state index contributed by atoms with van der Waals surface area (Å²) in [6.45, 7) is 5.92. The van der Waals surface area contributed by atoms with Gasteiger partial charge in [0.2, 0.25) is 11.6 Å². The van der Waals surface area contributed by atoms with Gasteiger partial charge in [-0.15, -0.1) is 5.10 Å². The lowest BCUT2D eigenvalue weighted by Gasteiger charge is -2.19. The highest BCUT2D eigenvalue weighted by atomic mass is 16.6. The van der Waals surface area contributed by atoms with E-state index in [0.717, 1.165) is 29.8 Å². The van der Waals surface area contributed by atoms with Gasteiger partial charge in [0.1, 0.15) is 6.61 Å². The van der Waals surface area contributed by atoms with E-state index in [4.69, 9.17) is 19.8 Å². The van der Waals surface area contributed by atoms with Gasteiger partial charge in [0.15, 0.2) is 17.2 Å². The maximum absolute atomic E-state index is 13.3. The van der Waals surface area contributed by atoms with Crippen LogP contribution < -0.4 is 25.5 Å². The highest BCUT2D eigenvalue weighted by Gasteiger charge is 2.28. The van der Waals surface area contributed by atoms with Crippen LogP contribution in [-0.2, 0) is 19.6 Å². The van der Waals surface area contributed by atoms with Crippen molar-refractivity contribution in [3.63, 3.8) is 0 Å². The first-order valence-corrected chi connectivity index (χ1v) is 14.1. The van der Waals surface area contributed by atoms with Crippen LogP contribution in [0.15, 0.2) is 76.5 Å². The zero-order valence-corrected chi connectivity index (χ0v) is 24.3. The van der Waals surface area contributed by atoms with Gasteiger partial charge in [0.05, 0.1) is 25.1 Å². The number of amides is 1. The fourth-order valence-electron chi connectivity index (χ4n) is 5.02. The molecule has 3 heterocycles. The predicted octanol–water partition coefficient (Wildman–Crippen LogP) is 3.85. The van der Waals surface area contributed by atoms with Crippen LogP contribution in [0, 0.1) is 6.92 Å². The van der Waals surface area contributed by atoms with Gasteiger partial charge in [-0.05, 0) is 77.1 Å². The third-order valence-electron chi connectivity index (χ3n) is 7.29. The van der Waals surface area contributed by atoms with E-state index in [9.17, 15) is 4.79 Å². The summed E-state index contributed by atoms with van der Waals surface area (Å²) in [6.07, 6.45) is 2.41. The normalized spacial score (nSPS) is 12.5. The van der Waals surface area contributed by atoms with Crippen molar-refractivity contribution in [1.29, 1.82) is 0 Å². The van der Waals surface area contributed by atoms with Crippen LogP contribution in [-0.4, -0.2) is 50.6 Å². The van der Waals surface area contributed by atoms with Gasteiger partial charge in [-0.3, -0.25) is 4.79 Å². The standard InChI is InChI=1S/C31H31N9O4/c1-3-42-27-16-21(12-13-26(27)43-19-23-10-5-4-8-20(23)2)17-33-35-31(41)28-25(40(38-34-28)30-29(32)36-44-37-30)18-39-15-14-22-9-6-7-11-24(22)39/h4-13,16-17H,3,14-15,18-19H2,1-2H3,(H2,32,36)(H,35,41)/b33-17-. The van der Waals surface area contributed by atoms with E-state index in [1.165, 1.54) is 16.5 Å². The van der Waals surface area contributed by atoms with Gasteiger partial charge < -0.3 is 20.1 Å². The van der Waals surface area contributed by atoms with Crippen LogP contribution in [0.25, 0.3) is 5.82 Å². The quantitative estimate of drug-likeness (QED) is 0.170. The largest absolute Gasteiger partial charge is 0.490 e. The summed E-state index contributed by atoms with van der Waals surface area (Å²) in [5.41, 5.74) is 14.3. The van der Waals surface area contributed by atoms with E-state index < -0.39 is 5.91 Å². The number of rotatable bonds is 11. The van der Waals surface area contributed by atoms with E-state index in [0.29, 0.717) is 42.5 Å². The molecule has 0 radical (unpaired) electrons. The number of carbonyl (C=O) groups excluding carboxylic acids is 1. The summed E-state index contributed by atoms with van der Waals surface area (Å²) in [4.78, 5) is 15.5. The molecule has 0 unspecified atom stereocenters. The number of para-hydroxylation sites is 1. The first-order valence-electron chi connectivity index (χ1n) is 14.1. The molecule has 44 heavy (non-hydrogen) atoms. The second-order valence-electron chi connectivity index (χ2n) is 10.1. The number of benzene rings is 3. The van der Waals surface area contributed by atoms with Crippen molar-refractivity contribution in [2.45, 2.75) is 33.4 Å². The van der Waals surface area contributed by atoms with E-state index in [1.807, 2.05) is 68.4 Å². The number of nitrogens with zero attached hydrogens (tertiary/aromatic N) is 7. The second kappa shape index (κ2) is 12.7. The van der Waals surface area contributed by atoms with E-state index in [2.05, 4.69) is 42.1 Å². The zero-order valence-electron chi connectivity index (χ0n) is 24.3. The minimum absolute atomic E-state index is 0.0272. The Labute approximate surface area is 253 Å². The fraction of sp³-hybridized carbons (Fsp3) is 0.226. The number of nitrogens with one attached hydrogen (secondary N) is 1. The summed E-state index contributed by atoms with van der Waals surface area (Å²) >= 11 is 0. The van der Waals surface area contributed by atoms with Crippen LogP contribution in [0.3, 0.4) is 0 Å². The van der Waals surface area contributed by atoms with Gasteiger partial charge in [-0.25, -0.2) is 10.1 Å². The molecule has 3 N–H and O–H groups in total. The summed E-state index contributed by atoms with van der Waals surface area (Å²) in [6, 6.07) is 21.6. The Morgan fingerprint density at radius 2 is 1.93 bits per heavy atom. The molecule has 0 aliphatic carbocycles. The van der Waals surface area contributed by atoms with Crippen molar-refractivity contribution >= 4 is 23.6 Å². The number of fused-ring (bicyclic) bond motifs is 1. The van der Waals surface area contributed by atoms with Gasteiger partial charge in [-0.1, -0.05) is 47.7 Å².